The van der Waals surface area contributed by atoms with Gasteiger partial charge in [-0.05, 0) is 23.3 Å². The Bertz CT molecular complexity index is 1630. The number of rotatable bonds is 5. The summed E-state index contributed by atoms with van der Waals surface area (Å²) in [6.07, 6.45) is -1.07. The van der Waals surface area contributed by atoms with Crippen molar-refractivity contribution in [2.45, 2.75) is 35.3 Å². The number of carbonyl (C=O) groups excluding carboxylic acids is 2. The van der Waals surface area contributed by atoms with Crippen LogP contribution in [0.2, 0.25) is 0 Å². The van der Waals surface area contributed by atoms with Crippen molar-refractivity contribution in [2.24, 2.45) is 0 Å². The topological polar surface area (TPSA) is 129 Å². The number of methoxy groups -OCH3 is 1. The number of aromatic nitrogens is 2. The molecule has 0 bridgehead atoms. The largest absolute Gasteiger partial charge is 0.510 e. The summed E-state index contributed by atoms with van der Waals surface area (Å²) in [5.74, 6) is -3.69. The van der Waals surface area contributed by atoms with Crippen molar-refractivity contribution >= 4 is 23.8 Å². The minimum Gasteiger partial charge on any atom is -0.449 e. The maximum absolute atomic E-state index is 15.4. The number of halogens is 2. The lowest BCUT2D eigenvalue weighted by Gasteiger charge is -2.49. The SMILES string of the molecule is COC(=O)OCOc1c2n(c(CO)nc1=O)C(C1c3ccccc3SCc3c1ccc(F)c3F)C1COCCN1C2=O. The molecule has 4 heterocycles. The number of thioether (sulfide) groups is 1. The van der Waals surface area contributed by atoms with Crippen LogP contribution in [0.1, 0.15) is 45.0 Å². The zero-order valence-electron chi connectivity index (χ0n) is 22.2. The highest BCUT2D eigenvalue weighted by Gasteiger charge is 2.49. The van der Waals surface area contributed by atoms with E-state index in [4.69, 9.17) is 14.2 Å². The Labute approximate surface area is 242 Å². The second-order valence-corrected chi connectivity index (χ2v) is 10.8. The third-order valence-electron chi connectivity index (χ3n) is 7.70. The number of ether oxygens (including phenoxy) is 4. The molecule has 1 aromatic heterocycles. The zero-order valence-corrected chi connectivity index (χ0v) is 23.1. The first-order chi connectivity index (χ1) is 20.3. The Morgan fingerprint density at radius 3 is 2.79 bits per heavy atom. The van der Waals surface area contributed by atoms with E-state index in [9.17, 15) is 23.9 Å². The highest BCUT2D eigenvalue weighted by molar-refractivity contribution is 7.98. The molecule has 3 unspecified atom stereocenters. The highest BCUT2D eigenvalue weighted by Crippen LogP contribution is 2.50. The number of aliphatic hydroxyl groups is 1. The molecule has 11 nitrogen and oxygen atoms in total. The third-order valence-corrected chi connectivity index (χ3v) is 8.82. The Morgan fingerprint density at radius 2 is 2.00 bits per heavy atom. The second kappa shape index (κ2) is 11.3. The van der Waals surface area contributed by atoms with Crippen LogP contribution in [0.5, 0.6) is 5.75 Å². The molecule has 3 atom stereocenters. The number of carbonyl (C=O) groups is 2. The summed E-state index contributed by atoms with van der Waals surface area (Å²) in [4.78, 5) is 45.0. The van der Waals surface area contributed by atoms with Crippen molar-refractivity contribution in [3.8, 4) is 5.75 Å². The van der Waals surface area contributed by atoms with Gasteiger partial charge in [0.15, 0.2) is 17.3 Å². The summed E-state index contributed by atoms with van der Waals surface area (Å²) in [5, 5.41) is 10.4. The molecule has 6 rings (SSSR count). The van der Waals surface area contributed by atoms with Gasteiger partial charge in [0.25, 0.3) is 5.91 Å². The van der Waals surface area contributed by atoms with E-state index >= 15 is 4.39 Å². The van der Waals surface area contributed by atoms with Crippen molar-refractivity contribution < 1.29 is 42.4 Å². The van der Waals surface area contributed by atoms with Crippen LogP contribution < -0.4 is 10.3 Å². The van der Waals surface area contributed by atoms with Crippen LogP contribution in [0.15, 0.2) is 46.1 Å². The lowest BCUT2D eigenvalue weighted by atomic mass is 9.78. The predicted octanol–water partition coefficient (Wildman–Crippen LogP) is 2.97. The average Bonchev–Trinajstić information content (AvgIpc) is 3.17. The Balaban J connectivity index is 1.63. The van der Waals surface area contributed by atoms with Gasteiger partial charge in [-0.1, -0.05) is 24.3 Å². The second-order valence-electron chi connectivity index (χ2n) is 9.76. The summed E-state index contributed by atoms with van der Waals surface area (Å²) in [6, 6.07) is 8.58. The number of morpholine rings is 1. The van der Waals surface area contributed by atoms with Crippen LogP contribution in [-0.2, 0) is 26.6 Å². The van der Waals surface area contributed by atoms with E-state index in [0.717, 1.165) is 23.6 Å². The lowest BCUT2D eigenvalue weighted by molar-refractivity contribution is -0.0320. The lowest BCUT2D eigenvalue weighted by Crippen LogP contribution is -2.59. The molecule has 3 aliphatic rings. The molecule has 1 saturated heterocycles. The maximum Gasteiger partial charge on any atom is 0.510 e. The number of hydrogen-bond acceptors (Lipinski definition) is 10. The summed E-state index contributed by atoms with van der Waals surface area (Å²) in [5.41, 5.74) is 0.269. The molecule has 1 N–H and O–H groups in total. The van der Waals surface area contributed by atoms with Gasteiger partial charge in [0.1, 0.15) is 12.4 Å². The van der Waals surface area contributed by atoms with E-state index in [1.807, 2.05) is 24.3 Å². The van der Waals surface area contributed by atoms with Gasteiger partial charge < -0.3 is 33.5 Å². The van der Waals surface area contributed by atoms with E-state index in [0.29, 0.717) is 5.56 Å². The smallest absolute Gasteiger partial charge is 0.449 e. The molecule has 220 valence electrons. The molecule has 1 amide bonds. The fourth-order valence-electron chi connectivity index (χ4n) is 5.96. The van der Waals surface area contributed by atoms with Crippen molar-refractivity contribution in [1.29, 1.82) is 0 Å². The molecule has 0 aliphatic carbocycles. The van der Waals surface area contributed by atoms with Crippen molar-refractivity contribution in [2.75, 3.05) is 33.7 Å². The highest BCUT2D eigenvalue weighted by atomic mass is 32.2. The van der Waals surface area contributed by atoms with E-state index < -0.39 is 66.4 Å². The molecule has 0 spiro atoms. The molecule has 1 fully saturated rings. The molecule has 2 aromatic carbocycles. The summed E-state index contributed by atoms with van der Waals surface area (Å²) in [6.45, 7) is -0.968. The maximum atomic E-state index is 15.4. The molecule has 0 radical (unpaired) electrons. The predicted molar refractivity (Wildman–Crippen MR) is 142 cm³/mol. The van der Waals surface area contributed by atoms with Crippen LogP contribution in [0.25, 0.3) is 0 Å². The van der Waals surface area contributed by atoms with Gasteiger partial charge in [0.2, 0.25) is 12.5 Å². The minimum atomic E-state index is -1.07. The number of benzene rings is 2. The third kappa shape index (κ3) is 4.59. The first kappa shape index (κ1) is 28.1. The minimum absolute atomic E-state index is 0.0965. The van der Waals surface area contributed by atoms with Gasteiger partial charge in [0.05, 0.1) is 32.4 Å². The number of fused-ring (bicyclic) bond motifs is 4. The van der Waals surface area contributed by atoms with E-state index in [2.05, 4.69) is 9.72 Å². The zero-order chi connectivity index (χ0) is 29.5. The van der Waals surface area contributed by atoms with Crippen molar-refractivity contribution in [3.63, 3.8) is 0 Å². The quantitative estimate of drug-likeness (QED) is 0.344. The normalized spacial score (nSPS) is 20.9. The summed E-state index contributed by atoms with van der Waals surface area (Å²) in [7, 11) is 1.10. The first-order valence-corrected chi connectivity index (χ1v) is 14.0. The Morgan fingerprint density at radius 1 is 1.19 bits per heavy atom. The van der Waals surface area contributed by atoms with E-state index in [1.54, 1.807) is 4.90 Å². The van der Waals surface area contributed by atoms with Gasteiger partial charge in [0, 0.05) is 28.7 Å². The van der Waals surface area contributed by atoms with Crippen LogP contribution in [0.3, 0.4) is 0 Å². The van der Waals surface area contributed by atoms with Crippen LogP contribution in [0.4, 0.5) is 13.6 Å². The molecule has 3 aromatic rings. The average molecular weight is 602 g/mol. The van der Waals surface area contributed by atoms with Gasteiger partial charge in [-0.2, -0.15) is 4.98 Å². The fraction of sp³-hybridized carbons (Fsp3) is 0.357. The van der Waals surface area contributed by atoms with E-state index in [1.165, 1.54) is 22.4 Å². The number of hydrogen-bond donors (Lipinski definition) is 1. The van der Waals surface area contributed by atoms with Gasteiger partial charge >= 0.3 is 11.7 Å². The monoisotopic (exact) mass is 601 g/mol. The molecule has 42 heavy (non-hydrogen) atoms. The Hall–Kier alpha value is -4.01. The standard InChI is InChI=1S/C28H25F2N3O8S/c1-38-28(37)41-13-40-25-24-27(36)32-8-9-39-11-18(32)23(33(24)20(10-34)31-26(25)35)21-14-6-7-17(29)22(30)16(14)12-42-19-5-3-2-4-15(19)21/h2-7,18,21,23,34H,8-13H2,1H3. The van der Waals surface area contributed by atoms with Gasteiger partial charge in [-0.25, -0.2) is 13.6 Å². The number of nitrogens with zero attached hydrogens (tertiary/aromatic N) is 3. The van der Waals surface area contributed by atoms with Gasteiger partial charge in [-0.15, -0.1) is 11.8 Å². The summed E-state index contributed by atoms with van der Waals surface area (Å²) >= 11 is 1.36. The molecular formula is C28H25F2N3O8S. The summed E-state index contributed by atoms with van der Waals surface area (Å²) < 4.78 is 51.8. The van der Waals surface area contributed by atoms with Crippen molar-refractivity contribution in [3.05, 3.63) is 86.6 Å². The van der Waals surface area contributed by atoms with Crippen molar-refractivity contribution in [1.82, 2.24) is 14.5 Å². The van der Waals surface area contributed by atoms with Crippen LogP contribution in [0, 0.1) is 11.6 Å². The van der Waals surface area contributed by atoms with Gasteiger partial charge in [-0.3, -0.25) is 9.59 Å². The first-order valence-electron chi connectivity index (χ1n) is 13.0. The molecule has 0 saturated carbocycles. The molecular weight excluding hydrogens is 576 g/mol. The number of amides is 1. The number of aliphatic hydroxyl groups excluding tert-OH is 1. The Kier molecular flexibility index (Phi) is 7.60. The fourth-order valence-corrected chi connectivity index (χ4v) is 7.09. The van der Waals surface area contributed by atoms with E-state index in [-0.39, 0.29) is 42.6 Å². The molecule has 14 heteroatoms. The van der Waals surface area contributed by atoms with Crippen LogP contribution >= 0.6 is 11.8 Å². The molecule has 3 aliphatic heterocycles. The van der Waals surface area contributed by atoms with Crippen LogP contribution in [-0.4, -0.2) is 71.3 Å².